The summed E-state index contributed by atoms with van der Waals surface area (Å²) in [4.78, 5) is 24.3. The van der Waals surface area contributed by atoms with Gasteiger partial charge in [-0.15, -0.1) is 0 Å². The van der Waals surface area contributed by atoms with Crippen LogP contribution in [0.3, 0.4) is 0 Å². The van der Waals surface area contributed by atoms with Crippen molar-refractivity contribution in [3.63, 3.8) is 0 Å². The van der Waals surface area contributed by atoms with Gasteiger partial charge in [0.05, 0.1) is 5.41 Å². The first-order valence-corrected chi connectivity index (χ1v) is 6.22. The van der Waals surface area contributed by atoms with E-state index in [1.54, 1.807) is 0 Å². The lowest BCUT2D eigenvalue weighted by atomic mass is 9.66. The molecule has 0 aromatic rings. The second-order valence-corrected chi connectivity index (χ2v) is 6.30. The molecule has 2 aliphatic rings. The van der Waals surface area contributed by atoms with Gasteiger partial charge in [0, 0.05) is 11.5 Å². The number of nitrogens with one attached hydrogen (secondary N) is 1. The van der Waals surface area contributed by atoms with E-state index in [0.29, 0.717) is 6.42 Å². The first-order chi connectivity index (χ1) is 7.67. The van der Waals surface area contributed by atoms with Crippen molar-refractivity contribution in [3.05, 3.63) is 0 Å². The van der Waals surface area contributed by atoms with Crippen molar-refractivity contribution in [1.29, 1.82) is 0 Å². The number of carbonyl (C=O) groups excluding carboxylic acids is 2. The summed E-state index contributed by atoms with van der Waals surface area (Å²) >= 11 is 0. The van der Waals surface area contributed by atoms with Crippen LogP contribution in [-0.2, 0) is 14.3 Å². The molecule has 0 spiro atoms. The molecule has 1 amide bonds. The van der Waals surface area contributed by atoms with Gasteiger partial charge in [0.1, 0.15) is 0 Å². The lowest BCUT2D eigenvalue weighted by Gasteiger charge is -2.35. The smallest absolute Gasteiger partial charge is 0.313 e. The molecule has 4 nitrogen and oxygen atoms in total. The number of esters is 1. The molecule has 2 bridgehead atoms. The fourth-order valence-electron chi connectivity index (χ4n) is 3.13. The van der Waals surface area contributed by atoms with E-state index in [-0.39, 0.29) is 17.9 Å². The van der Waals surface area contributed by atoms with Crippen molar-refractivity contribution in [2.75, 3.05) is 0 Å². The SMILES string of the molecule is CC(C)NC(=O)[C@]12CC[C@](C)(C(=O)O1)C2(C)C. The second kappa shape index (κ2) is 3.24. The normalized spacial score (nSPS) is 38.4. The van der Waals surface area contributed by atoms with Gasteiger partial charge in [0.2, 0.25) is 0 Å². The van der Waals surface area contributed by atoms with E-state index in [0.717, 1.165) is 6.42 Å². The van der Waals surface area contributed by atoms with Gasteiger partial charge in [0.25, 0.3) is 5.91 Å². The highest BCUT2D eigenvalue weighted by Gasteiger charge is 2.75. The average molecular weight is 239 g/mol. The highest BCUT2D eigenvalue weighted by atomic mass is 16.6. The zero-order valence-electron chi connectivity index (χ0n) is 11.2. The van der Waals surface area contributed by atoms with Gasteiger partial charge < -0.3 is 10.1 Å². The molecule has 1 saturated heterocycles. The van der Waals surface area contributed by atoms with E-state index in [1.807, 2.05) is 34.6 Å². The molecule has 0 unspecified atom stereocenters. The van der Waals surface area contributed by atoms with Crippen LogP contribution in [-0.4, -0.2) is 23.5 Å². The molecule has 0 aromatic heterocycles. The van der Waals surface area contributed by atoms with E-state index in [9.17, 15) is 9.59 Å². The largest absolute Gasteiger partial charge is 0.448 e. The Morgan fingerprint density at radius 1 is 1.29 bits per heavy atom. The Kier molecular flexibility index (Phi) is 2.36. The number of hydrogen-bond acceptors (Lipinski definition) is 3. The monoisotopic (exact) mass is 239 g/mol. The molecule has 2 atom stereocenters. The molecule has 1 aliphatic heterocycles. The Bertz CT molecular complexity index is 388. The molecule has 1 saturated carbocycles. The number of rotatable bonds is 2. The van der Waals surface area contributed by atoms with Crippen LogP contribution >= 0.6 is 0 Å². The van der Waals surface area contributed by atoms with Crippen molar-refractivity contribution >= 4 is 11.9 Å². The molecule has 17 heavy (non-hydrogen) atoms. The van der Waals surface area contributed by atoms with Crippen LogP contribution in [0.4, 0.5) is 0 Å². The highest BCUT2D eigenvalue weighted by Crippen LogP contribution is 2.65. The third-order valence-corrected chi connectivity index (χ3v) is 4.87. The van der Waals surface area contributed by atoms with Crippen molar-refractivity contribution in [3.8, 4) is 0 Å². The summed E-state index contributed by atoms with van der Waals surface area (Å²) in [5.41, 5.74) is -1.94. The van der Waals surface area contributed by atoms with Crippen molar-refractivity contribution in [1.82, 2.24) is 5.32 Å². The van der Waals surface area contributed by atoms with Gasteiger partial charge in [-0.05, 0) is 33.6 Å². The van der Waals surface area contributed by atoms with Gasteiger partial charge in [-0.1, -0.05) is 13.8 Å². The molecule has 0 aromatic carbocycles. The maximum absolute atomic E-state index is 12.4. The first-order valence-electron chi connectivity index (χ1n) is 6.22. The Balaban J connectivity index is 2.40. The van der Waals surface area contributed by atoms with E-state index >= 15 is 0 Å². The minimum atomic E-state index is -0.969. The summed E-state index contributed by atoms with van der Waals surface area (Å²) in [6.45, 7) is 9.65. The number of fused-ring (bicyclic) bond motifs is 2. The average Bonchev–Trinajstić information content (AvgIpc) is 2.47. The Labute approximate surface area is 102 Å². The number of carbonyl (C=O) groups is 2. The molecule has 0 radical (unpaired) electrons. The summed E-state index contributed by atoms with van der Waals surface area (Å²) in [7, 11) is 0. The van der Waals surface area contributed by atoms with Crippen molar-refractivity contribution in [2.45, 2.75) is 59.1 Å². The molecular formula is C13H21NO3. The third kappa shape index (κ3) is 1.24. The zero-order chi connectivity index (χ0) is 13.1. The van der Waals surface area contributed by atoms with Gasteiger partial charge in [-0.3, -0.25) is 9.59 Å². The predicted octanol–water partition coefficient (Wildman–Crippen LogP) is 1.63. The van der Waals surface area contributed by atoms with E-state index < -0.39 is 16.4 Å². The lowest BCUT2D eigenvalue weighted by molar-refractivity contribution is -0.168. The summed E-state index contributed by atoms with van der Waals surface area (Å²) < 4.78 is 5.48. The zero-order valence-corrected chi connectivity index (χ0v) is 11.2. The quantitative estimate of drug-likeness (QED) is 0.745. The molecule has 1 heterocycles. The number of amides is 1. The van der Waals surface area contributed by atoms with Gasteiger partial charge in [-0.2, -0.15) is 0 Å². The van der Waals surface area contributed by atoms with Crippen molar-refractivity contribution in [2.24, 2.45) is 10.8 Å². The van der Waals surface area contributed by atoms with Crippen LogP contribution in [0.2, 0.25) is 0 Å². The summed E-state index contributed by atoms with van der Waals surface area (Å²) in [5, 5.41) is 2.88. The molecule has 1 N–H and O–H groups in total. The third-order valence-electron chi connectivity index (χ3n) is 4.87. The standard InChI is InChI=1S/C13H21NO3/c1-8(2)14-9(15)13-7-6-12(5,10(16)17-13)11(13,3)4/h8H,6-7H2,1-5H3,(H,14,15)/t12-,13+/m1/s1. The highest BCUT2D eigenvalue weighted by molar-refractivity contribution is 5.96. The van der Waals surface area contributed by atoms with E-state index in [1.165, 1.54) is 0 Å². The molecule has 4 heteroatoms. The van der Waals surface area contributed by atoms with Crippen LogP contribution in [0.25, 0.3) is 0 Å². The predicted molar refractivity (Wildman–Crippen MR) is 63.2 cm³/mol. The summed E-state index contributed by atoms with van der Waals surface area (Å²) in [6, 6.07) is 0.0545. The molecule has 2 fully saturated rings. The van der Waals surface area contributed by atoms with Crippen LogP contribution in [0.5, 0.6) is 0 Å². The molecule has 1 aliphatic carbocycles. The van der Waals surface area contributed by atoms with Gasteiger partial charge in [-0.25, -0.2) is 0 Å². The van der Waals surface area contributed by atoms with Crippen LogP contribution < -0.4 is 5.32 Å². The van der Waals surface area contributed by atoms with Crippen LogP contribution in [0.1, 0.15) is 47.5 Å². The number of hydrogen-bond donors (Lipinski definition) is 1. The van der Waals surface area contributed by atoms with Crippen molar-refractivity contribution < 1.29 is 14.3 Å². The Hall–Kier alpha value is -1.06. The van der Waals surface area contributed by atoms with E-state index in [4.69, 9.17) is 4.74 Å². The Morgan fingerprint density at radius 2 is 1.88 bits per heavy atom. The topological polar surface area (TPSA) is 55.4 Å². The minimum Gasteiger partial charge on any atom is -0.448 e. The van der Waals surface area contributed by atoms with Crippen LogP contribution in [0.15, 0.2) is 0 Å². The fraction of sp³-hybridized carbons (Fsp3) is 0.846. The van der Waals surface area contributed by atoms with Gasteiger partial charge in [0.15, 0.2) is 5.60 Å². The molecular weight excluding hydrogens is 218 g/mol. The van der Waals surface area contributed by atoms with E-state index in [2.05, 4.69) is 5.32 Å². The maximum atomic E-state index is 12.4. The van der Waals surface area contributed by atoms with Gasteiger partial charge >= 0.3 is 5.97 Å². The second-order valence-electron chi connectivity index (χ2n) is 6.30. The summed E-state index contributed by atoms with van der Waals surface area (Å²) in [6.07, 6.45) is 1.35. The number of ether oxygens (including phenoxy) is 1. The fourth-order valence-corrected chi connectivity index (χ4v) is 3.13. The lowest BCUT2D eigenvalue weighted by Crippen LogP contribution is -2.54. The first kappa shape index (κ1) is 12.4. The van der Waals surface area contributed by atoms with Crippen LogP contribution in [0, 0.1) is 10.8 Å². The molecule has 96 valence electrons. The summed E-state index contributed by atoms with van der Waals surface area (Å²) in [5.74, 6) is -0.375. The minimum absolute atomic E-state index is 0.0545. The Morgan fingerprint density at radius 3 is 2.24 bits per heavy atom. The maximum Gasteiger partial charge on any atom is 0.313 e. The molecule has 2 rings (SSSR count).